The number of anilines is 3. The van der Waals surface area contributed by atoms with Gasteiger partial charge in [-0.3, -0.25) is 0 Å². The summed E-state index contributed by atoms with van der Waals surface area (Å²) in [6, 6.07) is 16.6. The van der Waals surface area contributed by atoms with E-state index in [0.717, 1.165) is 23.4 Å². The SMILES string of the molecule is CCc1ccccc1Nc1nc(N)nc(COC(=O)c2ccc(-n3cccn3)cc2)n1. The summed E-state index contributed by atoms with van der Waals surface area (Å²) in [5, 5.41) is 7.31. The smallest absolute Gasteiger partial charge is 0.338 e. The van der Waals surface area contributed by atoms with Gasteiger partial charge in [-0.1, -0.05) is 25.1 Å². The molecule has 0 saturated heterocycles. The largest absolute Gasteiger partial charge is 0.454 e. The molecule has 0 bridgehead atoms. The maximum absolute atomic E-state index is 12.4. The van der Waals surface area contributed by atoms with Gasteiger partial charge in [-0.25, -0.2) is 9.48 Å². The Kier molecular flexibility index (Phi) is 5.84. The molecule has 0 aliphatic rings. The van der Waals surface area contributed by atoms with E-state index in [-0.39, 0.29) is 18.4 Å². The highest BCUT2D eigenvalue weighted by Gasteiger charge is 2.12. The topological polar surface area (TPSA) is 121 Å². The Balaban J connectivity index is 1.43. The normalized spacial score (nSPS) is 10.6. The van der Waals surface area contributed by atoms with E-state index in [1.807, 2.05) is 36.5 Å². The Morgan fingerprint density at radius 1 is 1.06 bits per heavy atom. The van der Waals surface area contributed by atoms with Gasteiger partial charge in [0.2, 0.25) is 11.9 Å². The number of para-hydroxylation sites is 1. The van der Waals surface area contributed by atoms with Gasteiger partial charge in [0, 0.05) is 18.1 Å². The Morgan fingerprint density at radius 2 is 1.87 bits per heavy atom. The number of nitrogens with one attached hydrogen (secondary N) is 1. The molecule has 0 aliphatic carbocycles. The number of hydrogen-bond donors (Lipinski definition) is 2. The first-order chi connectivity index (χ1) is 15.1. The van der Waals surface area contributed by atoms with Crippen LogP contribution >= 0.6 is 0 Å². The van der Waals surface area contributed by atoms with Crippen molar-refractivity contribution in [2.75, 3.05) is 11.1 Å². The van der Waals surface area contributed by atoms with Crippen LogP contribution in [0.25, 0.3) is 5.69 Å². The maximum atomic E-state index is 12.4. The fraction of sp³-hybridized carbons (Fsp3) is 0.136. The summed E-state index contributed by atoms with van der Waals surface area (Å²) < 4.78 is 7.05. The first-order valence-electron chi connectivity index (χ1n) is 9.75. The molecular weight excluding hydrogens is 394 g/mol. The number of benzene rings is 2. The second kappa shape index (κ2) is 9.04. The van der Waals surface area contributed by atoms with E-state index in [1.54, 1.807) is 35.1 Å². The van der Waals surface area contributed by atoms with Crippen molar-refractivity contribution in [2.45, 2.75) is 20.0 Å². The highest BCUT2D eigenvalue weighted by atomic mass is 16.5. The molecule has 0 atom stereocenters. The Labute approximate surface area is 178 Å². The van der Waals surface area contributed by atoms with E-state index in [0.29, 0.717) is 11.5 Å². The van der Waals surface area contributed by atoms with Crippen molar-refractivity contribution in [3.05, 3.63) is 83.9 Å². The van der Waals surface area contributed by atoms with E-state index < -0.39 is 5.97 Å². The van der Waals surface area contributed by atoms with Crippen molar-refractivity contribution in [3.63, 3.8) is 0 Å². The van der Waals surface area contributed by atoms with Gasteiger partial charge in [-0.2, -0.15) is 20.1 Å². The quantitative estimate of drug-likeness (QED) is 0.441. The molecule has 0 radical (unpaired) electrons. The maximum Gasteiger partial charge on any atom is 0.338 e. The average molecular weight is 415 g/mol. The van der Waals surface area contributed by atoms with Crippen LogP contribution in [0.1, 0.15) is 28.7 Å². The fourth-order valence-corrected chi connectivity index (χ4v) is 3.01. The van der Waals surface area contributed by atoms with E-state index in [4.69, 9.17) is 10.5 Å². The molecule has 2 aromatic carbocycles. The molecule has 0 aliphatic heterocycles. The second-order valence-electron chi connectivity index (χ2n) is 6.64. The number of carbonyl (C=O) groups is 1. The minimum absolute atomic E-state index is 0.0427. The van der Waals surface area contributed by atoms with Crippen molar-refractivity contribution in [1.82, 2.24) is 24.7 Å². The molecule has 9 heteroatoms. The first kappa shape index (κ1) is 20.0. The molecule has 0 fully saturated rings. The van der Waals surface area contributed by atoms with Crippen molar-refractivity contribution in [1.29, 1.82) is 0 Å². The second-order valence-corrected chi connectivity index (χ2v) is 6.64. The van der Waals surface area contributed by atoms with Gasteiger partial charge in [-0.05, 0) is 48.4 Å². The monoisotopic (exact) mass is 415 g/mol. The lowest BCUT2D eigenvalue weighted by atomic mass is 10.1. The molecular formula is C22H21N7O2. The number of nitrogen functional groups attached to an aromatic ring is 1. The van der Waals surface area contributed by atoms with Gasteiger partial charge in [0.15, 0.2) is 12.4 Å². The fourth-order valence-electron chi connectivity index (χ4n) is 3.01. The summed E-state index contributed by atoms with van der Waals surface area (Å²) in [4.78, 5) is 24.9. The van der Waals surface area contributed by atoms with E-state index in [9.17, 15) is 4.79 Å². The van der Waals surface area contributed by atoms with Gasteiger partial charge >= 0.3 is 5.97 Å². The summed E-state index contributed by atoms with van der Waals surface area (Å²) in [7, 11) is 0. The van der Waals surface area contributed by atoms with Gasteiger partial charge in [0.05, 0.1) is 11.3 Å². The first-order valence-corrected chi connectivity index (χ1v) is 9.75. The minimum Gasteiger partial charge on any atom is -0.454 e. The lowest BCUT2D eigenvalue weighted by molar-refractivity contribution is 0.0462. The van der Waals surface area contributed by atoms with Gasteiger partial charge in [0.25, 0.3) is 0 Å². The van der Waals surface area contributed by atoms with E-state index in [2.05, 4.69) is 32.3 Å². The number of aromatic nitrogens is 5. The summed E-state index contributed by atoms with van der Waals surface area (Å²) in [5.41, 5.74) is 9.07. The molecule has 0 unspecified atom stereocenters. The average Bonchev–Trinajstić information content (AvgIpc) is 3.33. The number of carbonyl (C=O) groups excluding carboxylic acids is 1. The minimum atomic E-state index is -0.489. The summed E-state index contributed by atoms with van der Waals surface area (Å²) in [6.07, 6.45) is 4.36. The van der Waals surface area contributed by atoms with Crippen LogP contribution in [0.5, 0.6) is 0 Å². The number of hydrogen-bond acceptors (Lipinski definition) is 8. The number of rotatable bonds is 7. The molecule has 2 aromatic heterocycles. The van der Waals surface area contributed by atoms with Gasteiger partial charge in [-0.15, -0.1) is 0 Å². The predicted molar refractivity (Wildman–Crippen MR) is 116 cm³/mol. The Hall–Kier alpha value is -4.27. The Morgan fingerprint density at radius 3 is 2.61 bits per heavy atom. The van der Waals surface area contributed by atoms with Crippen LogP contribution in [0.15, 0.2) is 67.0 Å². The molecule has 156 valence electrons. The third-order valence-corrected chi connectivity index (χ3v) is 4.55. The number of aryl methyl sites for hydroxylation is 1. The third kappa shape index (κ3) is 4.84. The standard InChI is InChI=1S/C22H21N7O2/c1-2-15-6-3-4-7-18(15)25-22-27-19(26-21(23)28-22)14-31-20(30)16-8-10-17(11-9-16)29-13-5-12-24-29/h3-13H,2,14H2,1H3,(H3,23,25,26,27,28). The molecule has 31 heavy (non-hydrogen) atoms. The van der Waals surface area contributed by atoms with Crippen molar-refractivity contribution in [2.24, 2.45) is 0 Å². The molecule has 0 amide bonds. The predicted octanol–water partition coefficient (Wildman–Crippen LogP) is 3.30. The number of esters is 1. The van der Waals surface area contributed by atoms with Crippen molar-refractivity contribution >= 4 is 23.6 Å². The summed E-state index contributed by atoms with van der Waals surface area (Å²) >= 11 is 0. The molecule has 0 saturated carbocycles. The van der Waals surface area contributed by atoms with Crippen LogP contribution in [-0.2, 0) is 17.8 Å². The molecule has 4 rings (SSSR count). The zero-order valence-electron chi connectivity index (χ0n) is 16.9. The van der Waals surface area contributed by atoms with Crippen LogP contribution in [-0.4, -0.2) is 30.7 Å². The van der Waals surface area contributed by atoms with Crippen LogP contribution in [0.4, 0.5) is 17.6 Å². The molecule has 4 aromatic rings. The number of ether oxygens (including phenoxy) is 1. The van der Waals surface area contributed by atoms with Crippen molar-refractivity contribution in [3.8, 4) is 5.69 Å². The van der Waals surface area contributed by atoms with Crippen LogP contribution < -0.4 is 11.1 Å². The zero-order chi connectivity index (χ0) is 21.6. The van der Waals surface area contributed by atoms with Crippen LogP contribution in [0.3, 0.4) is 0 Å². The van der Waals surface area contributed by atoms with E-state index in [1.165, 1.54) is 0 Å². The van der Waals surface area contributed by atoms with Crippen LogP contribution in [0.2, 0.25) is 0 Å². The van der Waals surface area contributed by atoms with Gasteiger partial charge in [0.1, 0.15) is 0 Å². The highest BCUT2D eigenvalue weighted by Crippen LogP contribution is 2.19. The molecule has 0 spiro atoms. The highest BCUT2D eigenvalue weighted by molar-refractivity contribution is 5.89. The van der Waals surface area contributed by atoms with Crippen molar-refractivity contribution < 1.29 is 9.53 Å². The third-order valence-electron chi connectivity index (χ3n) is 4.55. The molecule has 3 N–H and O–H groups in total. The van der Waals surface area contributed by atoms with Crippen LogP contribution in [0, 0.1) is 0 Å². The lowest BCUT2D eigenvalue weighted by Crippen LogP contribution is -2.11. The van der Waals surface area contributed by atoms with E-state index >= 15 is 0 Å². The zero-order valence-corrected chi connectivity index (χ0v) is 16.9. The Bertz CT molecular complexity index is 1170. The van der Waals surface area contributed by atoms with Gasteiger partial charge < -0.3 is 15.8 Å². The molecule has 9 nitrogen and oxygen atoms in total. The summed E-state index contributed by atoms with van der Waals surface area (Å²) in [6.45, 7) is 1.94. The number of nitrogens with two attached hydrogens (primary N) is 1. The summed E-state index contributed by atoms with van der Waals surface area (Å²) in [5.74, 6) is 0.103. The lowest BCUT2D eigenvalue weighted by Gasteiger charge is -2.11. The number of nitrogens with zero attached hydrogens (tertiary/aromatic N) is 5. The molecule has 2 heterocycles.